The van der Waals surface area contributed by atoms with Gasteiger partial charge in [-0.15, -0.1) is 0 Å². The van der Waals surface area contributed by atoms with E-state index in [0.29, 0.717) is 18.0 Å². The third-order valence-electron chi connectivity index (χ3n) is 3.31. The van der Waals surface area contributed by atoms with Gasteiger partial charge in [0.1, 0.15) is 0 Å². The molecule has 2 saturated heterocycles. The fourth-order valence-electron chi connectivity index (χ4n) is 2.46. The minimum absolute atomic E-state index is 0.338. The largest absolute Gasteiger partial charge is 0.337 e. The molecule has 2 atom stereocenters. The highest BCUT2D eigenvalue weighted by molar-refractivity contribution is 5.77. The lowest BCUT2D eigenvalue weighted by atomic mass is 10.0. The molecule has 0 spiro atoms. The zero-order valence-corrected chi connectivity index (χ0v) is 8.75. The number of likely N-dealkylation sites (tertiary alicyclic amines) is 1. The van der Waals surface area contributed by atoms with Crippen LogP contribution in [-0.4, -0.2) is 49.6 Å². The first-order chi connectivity index (χ1) is 6.83. The Morgan fingerprint density at radius 1 is 1.43 bits per heavy atom. The van der Waals surface area contributed by atoms with Crippen LogP contribution in [0.1, 0.15) is 19.3 Å². The van der Waals surface area contributed by atoms with Crippen molar-refractivity contribution in [3.05, 3.63) is 0 Å². The highest BCUT2D eigenvalue weighted by Crippen LogP contribution is 2.17. The number of rotatable bonds is 2. The molecular weight excluding hydrogens is 178 g/mol. The van der Waals surface area contributed by atoms with Crippen molar-refractivity contribution in [1.29, 1.82) is 0 Å². The van der Waals surface area contributed by atoms with Gasteiger partial charge in [-0.25, -0.2) is 0 Å². The van der Waals surface area contributed by atoms with Crippen LogP contribution in [0, 0.1) is 0 Å². The van der Waals surface area contributed by atoms with Crippen LogP contribution in [0.2, 0.25) is 0 Å². The fraction of sp³-hybridized carbons (Fsp3) is 0.900. The zero-order chi connectivity index (χ0) is 9.97. The maximum atomic E-state index is 11.7. The normalized spacial score (nSPS) is 33.8. The molecule has 4 nitrogen and oxygen atoms in total. The van der Waals surface area contributed by atoms with Gasteiger partial charge in [0.15, 0.2) is 0 Å². The molecule has 0 aliphatic carbocycles. The van der Waals surface area contributed by atoms with E-state index < -0.39 is 0 Å². The molecule has 80 valence electrons. The highest BCUT2D eigenvalue weighted by atomic mass is 16.2. The van der Waals surface area contributed by atoms with Crippen LogP contribution in [0.4, 0.5) is 0 Å². The number of nitrogens with zero attached hydrogens (tertiary/aromatic N) is 1. The molecule has 4 heteroatoms. The molecule has 2 rings (SSSR count). The lowest BCUT2D eigenvalue weighted by Gasteiger charge is -2.35. The minimum Gasteiger partial charge on any atom is -0.337 e. The molecule has 2 heterocycles. The third-order valence-corrected chi connectivity index (χ3v) is 3.31. The zero-order valence-electron chi connectivity index (χ0n) is 8.75. The fourth-order valence-corrected chi connectivity index (χ4v) is 2.46. The molecule has 0 bridgehead atoms. The van der Waals surface area contributed by atoms with Crippen molar-refractivity contribution in [3.8, 4) is 0 Å². The SMILES string of the molecule is CN[C@H]1CNC[C@@H]1N1CCCCC1=O. The van der Waals surface area contributed by atoms with Crippen molar-refractivity contribution in [2.75, 3.05) is 26.7 Å². The molecule has 14 heavy (non-hydrogen) atoms. The Balaban J connectivity index is 2.01. The molecule has 0 radical (unpaired) electrons. The number of hydrogen-bond acceptors (Lipinski definition) is 3. The molecule has 2 N–H and O–H groups in total. The molecule has 2 aliphatic heterocycles. The van der Waals surface area contributed by atoms with Gasteiger partial charge in [-0.1, -0.05) is 0 Å². The van der Waals surface area contributed by atoms with E-state index >= 15 is 0 Å². The summed E-state index contributed by atoms with van der Waals surface area (Å²) in [6.45, 7) is 2.87. The molecule has 0 aromatic carbocycles. The Kier molecular flexibility index (Phi) is 3.03. The molecule has 0 unspecified atom stereocenters. The number of piperidine rings is 1. The summed E-state index contributed by atoms with van der Waals surface area (Å²) in [5.74, 6) is 0.338. The van der Waals surface area contributed by atoms with Gasteiger partial charge in [-0.05, 0) is 19.9 Å². The van der Waals surface area contributed by atoms with E-state index in [1.807, 2.05) is 7.05 Å². The number of carbonyl (C=O) groups excluding carboxylic acids is 1. The molecule has 2 fully saturated rings. The molecule has 2 aliphatic rings. The first kappa shape index (κ1) is 9.93. The molecular formula is C10H19N3O. The van der Waals surface area contributed by atoms with Crippen molar-refractivity contribution in [1.82, 2.24) is 15.5 Å². The molecule has 1 amide bonds. The Morgan fingerprint density at radius 3 is 3.00 bits per heavy atom. The quantitative estimate of drug-likeness (QED) is 0.631. The lowest BCUT2D eigenvalue weighted by molar-refractivity contribution is -0.135. The van der Waals surface area contributed by atoms with Gasteiger partial charge in [0.05, 0.1) is 6.04 Å². The van der Waals surface area contributed by atoms with Crippen LogP contribution in [0.25, 0.3) is 0 Å². The van der Waals surface area contributed by atoms with Crippen LogP contribution in [0.15, 0.2) is 0 Å². The minimum atomic E-state index is 0.338. The van der Waals surface area contributed by atoms with E-state index in [9.17, 15) is 4.79 Å². The predicted molar refractivity (Wildman–Crippen MR) is 55.1 cm³/mol. The monoisotopic (exact) mass is 197 g/mol. The van der Waals surface area contributed by atoms with Gasteiger partial charge >= 0.3 is 0 Å². The summed E-state index contributed by atoms with van der Waals surface area (Å²) in [6, 6.07) is 0.796. The van der Waals surface area contributed by atoms with E-state index in [4.69, 9.17) is 0 Å². The Bertz CT molecular complexity index is 219. The van der Waals surface area contributed by atoms with Gasteiger partial charge in [-0.3, -0.25) is 4.79 Å². The van der Waals surface area contributed by atoms with Crippen LogP contribution < -0.4 is 10.6 Å². The van der Waals surface area contributed by atoms with Crippen molar-refractivity contribution >= 4 is 5.91 Å². The van der Waals surface area contributed by atoms with Gasteiger partial charge in [0, 0.05) is 32.1 Å². The van der Waals surface area contributed by atoms with Crippen molar-refractivity contribution in [3.63, 3.8) is 0 Å². The number of amides is 1. The smallest absolute Gasteiger partial charge is 0.222 e. The summed E-state index contributed by atoms with van der Waals surface area (Å²) in [5.41, 5.74) is 0. The van der Waals surface area contributed by atoms with Gasteiger partial charge < -0.3 is 15.5 Å². The second-order valence-corrected chi connectivity index (χ2v) is 4.17. The van der Waals surface area contributed by atoms with E-state index in [-0.39, 0.29) is 0 Å². The standard InChI is InChI=1S/C10H19N3O/c1-11-8-6-12-7-9(8)13-5-3-2-4-10(13)14/h8-9,11-12H,2-7H2,1H3/t8-,9-/m0/s1. The molecule has 0 aromatic rings. The predicted octanol–water partition coefficient (Wildman–Crippen LogP) is -0.441. The Morgan fingerprint density at radius 2 is 2.29 bits per heavy atom. The highest BCUT2D eigenvalue weighted by Gasteiger charge is 2.34. The lowest BCUT2D eigenvalue weighted by Crippen LogP contribution is -2.52. The number of likely N-dealkylation sites (N-methyl/N-ethyl adjacent to an activating group) is 1. The van der Waals surface area contributed by atoms with Crippen LogP contribution in [0.5, 0.6) is 0 Å². The Labute approximate surface area is 85.0 Å². The number of carbonyl (C=O) groups is 1. The maximum absolute atomic E-state index is 11.7. The van der Waals surface area contributed by atoms with E-state index in [1.54, 1.807) is 0 Å². The summed E-state index contributed by atoms with van der Waals surface area (Å²) < 4.78 is 0. The topological polar surface area (TPSA) is 44.4 Å². The van der Waals surface area contributed by atoms with Gasteiger partial charge in [-0.2, -0.15) is 0 Å². The molecule has 0 aromatic heterocycles. The average molecular weight is 197 g/mol. The average Bonchev–Trinajstić information content (AvgIpc) is 2.66. The van der Waals surface area contributed by atoms with E-state index in [0.717, 1.165) is 32.5 Å². The van der Waals surface area contributed by atoms with Crippen molar-refractivity contribution < 1.29 is 4.79 Å². The van der Waals surface area contributed by atoms with Crippen LogP contribution in [-0.2, 0) is 4.79 Å². The van der Waals surface area contributed by atoms with Gasteiger partial charge in [0.25, 0.3) is 0 Å². The second-order valence-electron chi connectivity index (χ2n) is 4.17. The van der Waals surface area contributed by atoms with Crippen LogP contribution >= 0.6 is 0 Å². The maximum Gasteiger partial charge on any atom is 0.222 e. The van der Waals surface area contributed by atoms with Crippen molar-refractivity contribution in [2.24, 2.45) is 0 Å². The van der Waals surface area contributed by atoms with Crippen LogP contribution in [0.3, 0.4) is 0 Å². The van der Waals surface area contributed by atoms with Gasteiger partial charge in [0.2, 0.25) is 5.91 Å². The molecule has 0 saturated carbocycles. The number of nitrogens with one attached hydrogen (secondary N) is 2. The summed E-state index contributed by atoms with van der Waals surface area (Å²) in [6.07, 6.45) is 2.98. The first-order valence-electron chi connectivity index (χ1n) is 5.50. The van der Waals surface area contributed by atoms with E-state index in [2.05, 4.69) is 15.5 Å². The summed E-state index contributed by atoms with van der Waals surface area (Å²) in [5, 5.41) is 6.61. The number of hydrogen-bond donors (Lipinski definition) is 2. The third kappa shape index (κ3) is 1.77. The summed E-state index contributed by atoms with van der Waals surface area (Å²) in [7, 11) is 1.97. The second kappa shape index (κ2) is 4.28. The summed E-state index contributed by atoms with van der Waals surface area (Å²) >= 11 is 0. The first-order valence-corrected chi connectivity index (χ1v) is 5.50. The Hall–Kier alpha value is -0.610. The summed E-state index contributed by atoms with van der Waals surface area (Å²) in [4.78, 5) is 13.8. The van der Waals surface area contributed by atoms with Crippen molar-refractivity contribution in [2.45, 2.75) is 31.3 Å². The van der Waals surface area contributed by atoms with E-state index in [1.165, 1.54) is 6.42 Å².